The van der Waals surface area contributed by atoms with Crippen molar-refractivity contribution in [3.8, 4) is 5.69 Å². The molecule has 0 radical (unpaired) electrons. The molecule has 1 fully saturated rings. The molecular formula is C23H25F2N5O2. The van der Waals surface area contributed by atoms with Crippen LogP contribution in [-0.4, -0.2) is 44.5 Å². The van der Waals surface area contributed by atoms with E-state index in [9.17, 15) is 18.7 Å². The van der Waals surface area contributed by atoms with E-state index in [1.807, 2.05) is 18.3 Å². The molecule has 9 heteroatoms. The molecule has 2 aromatic heterocycles. The number of aliphatic hydroxyl groups excluding tert-OH is 1. The summed E-state index contributed by atoms with van der Waals surface area (Å²) in [6, 6.07) is 6.33. The molecule has 2 heterocycles. The van der Waals surface area contributed by atoms with Crippen molar-refractivity contribution in [2.75, 3.05) is 6.54 Å². The number of aromatic nitrogens is 3. The fourth-order valence-corrected chi connectivity index (χ4v) is 3.90. The van der Waals surface area contributed by atoms with Crippen molar-refractivity contribution >= 4 is 5.91 Å². The maximum atomic E-state index is 13.6. The van der Waals surface area contributed by atoms with Gasteiger partial charge in [0.25, 0.3) is 0 Å². The first kappa shape index (κ1) is 22.0. The number of carbonyl (C=O) groups excluding carboxylic acids is 1. The molecule has 1 aliphatic rings. The Kier molecular flexibility index (Phi) is 6.29. The summed E-state index contributed by atoms with van der Waals surface area (Å²) in [6.07, 6.45) is 7.94. The lowest BCUT2D eigenvalue weighted by Crippen LogP contribution is -2.49. The molecule has 1 aromatic carbocycles. The largest absolute Gasteiger partial charge is 0.390 e. The van der Waals surface area contributed by atoms with Crippen molar-refractivity contribution in [3.63, 3.8) is 0 Å². The Balaban J connectivity index is 1.45. The van der Waals surface area contributed by atoms with Gasteiger partial charge < -0.3 is 15.7 Å². The number of hydrogen-bond donors (Lipinski definition) is 3. The summed E-state index contributed by atoms with van der Waals surface area (Å²) < 4.78 is 28.9. The van der Waals surface area contributed by atoms with E-state index in [0.29, 0.717) is 5.56 Å². The fourth-order valence-electron chi connectivity index (χ4n) is 3.90. The topological polar surface area (TPSA) is 92.1 Å². The van der Waals surface area contributed by atoms with Crippen LogP contribution in [0.4, 0.5) is 8.78 Å². The van der Waals surface area contributed by atoms with E-state index in [1.165, 1.54) is 19.1 Å². The normalized spacial score (nSPS) is 16.4. The van der Waals surface area contributed by atoms with E-state index in [0.717, 1.165) is 30.2 Å². The number of carbonyl (C=O) groups is 1. The fraction of sp³-hybridized carbons (Fsp3) is 0.348. The number of amides is 1. The number of aliphatic hydroxyl groups is 1. The zero-order chi connectivity index (χ0) is 22.7. The van der Waals surface area contributed by atoms with Crippen molar-refractivity contribution in [1.82, 2.24) is 25.4 Å². The summed E-state index contributed by atoms with van der Waals surface area (Å²) >= 11 is 0. The van der Waals surface area contributed by atoms with Gasteiger partial charge in [-0.05, 0) is 54.7 Å². The molecule has 2 unspecified atom stereocenters. The second-order valence-corrected chi connectivity index (χ2v) is 8.20. The van der Waals surface area contributed by atoms with Gasteiger partial charge in [0.05, 0.1) is 24.0 Å². The monoisotopic (exact) mass is 441 g/mol. The third-order valence-corrected chi connectivity index (χ3v) is 5.68. The van der Waals surface area contributed by atoms with Crippen molar-refractivity contribution in [3.05, 3.63) is 77.9 Å². The highest BCUT2D eigenvalue weighted by atomic mass is 19.1. The number of rotatable bonds is 9. The molecule has 0 spiro atoms. The molecule has 32 heavy (non-hydrogen) atoms. The Morgan fingerprint density at radius 1 is 1.22 bits per heavy atom. The third kappa shape index (κ3) is 5.17. The van der Waals surface area contributed by atoms with E-state index in [4.69, 9.17) is 0 Å². The van der Waals surface area contributed by atoms with Crippen LogP contribution in [0.2, 0.25) is 0 Å². The smallest absolute Gasteiger partial charge is 0.217 e. The van der Waals surface area contributed by atoms with Crippen LogP contribution in [0.15, 0.2) is 55.1 Å². The van der Waals surface area contributed by atoms with Crippen molar-refractivity contribution in [2.45, 2.75) is 43.9 Å². The minimum atomic E-state index is -0.968. The Bertz CT molecular complexity index is 1070. The first-order valence-corrected chi connectivity index (χ1v) is 10.5. The number of nitrogens with one attached hydrogen (secondary N) is 2. The second-order valence-electron chi connectivity index (χ2n) is 8.20. The highest BCUT2D eigenvalue weighted by molar-refractivity contribution is 5.73. The predicted molar refractivity (Wildman–Crippen MR) is 114 cm³/mol. The summed E-state index contributed by atoms with van der Waals surface area (Å²) in [4.78, 5) is 16.0. The van der Waals surface area contributed by atoms with E-state index in [2.05, 4.69) is 20.7 Å². The number of halogens is 2. The highest BCUT2D eigenvalue weighted by Crippen LogP contribution is 2.45. The van der Waals surface area contributed by atoms with Crippen molar-refractivity contribution in [1.29, 1.82) is 0 Å². The molecule has 0 bridgehead atoms. The maximum Gasteiger partial charge on any atom is 0.217 e. The maximum absolute atomic E-state index is 13.6. The summed E-state index contributed by atoms with van der Waals surface area (Å²) in [5.74, 6) is -1.73. The van der Waals surface area contributed by atoms with Crippen LogP contribution in [0.1, 0.15) is 30.9 Å². The molecule has 0 saturated heterocycles. The van der Waals surface area contributed by atoms with E-state index < -0.39 is 23.8 Å². The third-order valence-electron chi connectivity index (χ3n) is 5.68. The van der Waals surface area contributed by atoms with Crippen molar-refractivity contribution < 1.29 is 18.7 Å². The van der Waals surface area contributed by atoms with Crippen LogP contribution in [0.3, 0.4) is 0 Å². The van der Waals surface area contributed by atoms with Gasteiger partial charge in [-0.15, -0.1) is 0 Å². The zero-order valence-electron chi connectivity index (χ0n) is 17.6. The summed E-state index contributed by atoms with van der Waals surface area (Å²) in [7, 11) is 0. The van der Waals surface area contributed by atoms with Gasteiger partial charge in [-0.2, -0.15) is 5.10 Å². The van der Waals surface area contributed by atoms with Gasteiger partial charge in [-0.25, -0.2) is 13.5 Å². The van der Waals surface area contributed by atoms with Crippen LogP contribution in [-0.2, 0) is 16.8 Å². The lowest BCUT2D eigenvalue weighted by molar-refractivity contribution is -0.120. The quantitative estimate of drug-likeness (QED) is 0.474. The standard InChI is InChI=1S/C23H25F2N5O2/c1-15(31)29-21(9-16-7-18(24)11-19(25)8-16)22(32)14-27-23(3-4-23)17-10-20(13-26-12-17)30-6-2-5-28-30/h2,5-8,10-13,21-22,27,32H,3-4,9,14H2,1H3,(H,29,31). The summed E-state index contributed by atoms with van der Waals surface area (Å²) in [5.41, 5.74) is 1.87. The number of nitrogens with zero attached hydrogens (tertiary/aromatic N) is 3. The number of benzene rings is 1. The average molecular weight is 441 g/mol. The summed E-state index contributed by atoms with van der Waals surface area (Å²) in [6.45, 7) is 1.53. The van der Waals surface area contributed by atoms with Gasteiger partial charge in [0, 0.05) is 43.7 Å². The van der Waals surface area contributed by atoms with Crippen LogP contribution in [0.5, 0.6) is 0 Å². The van der Waals surface area contributed by atoms with Gasteiger partial charge in [-0.3, -0.25) is 9.78 Å². The van der Waals surface area contributed by atoms with Crippen LogP contribution < -0.4 is 10.6 Å². The first-order chi connectivity index (χ1) is 15.3. The SMILES string of the molecule is CC(=O)NC(Cc1cc(F)cc(F)c1)C(O)CNC1(c2cncc(-n3cccn3)c2)CC1. The number of pyridine rings is 1. The van der Waals surface area contributed by atoms with E-state index in [-0.39, 0.29) is 24.4 Å². The Morgan fingerprint density at radius 3 is 2.59 bits per heavy atom. The predicted octanol–water partition coefficient (Wildman–Crippen LogP) is 2.23. The lowest BCUT2D eigenvalue weighted by Gasteiger charge is -2.27. The summed E-state index contributed by atoms with van der Waals surface area (Å²) in [5, 5.41) is 21.1. The minimum absolute atomic E-state index is 0.0977. The van der Waals surface area contributed by atoms with Crippen molar-refractivity contribution in [2.24, 2.45) is 0 Å². The molecular weight excluding hydrogens is 416 g/mol. The van der Waals surface area contributed by atoms with Gasteiger partial charge in [-0.1, -0.05) is 0 Å². The van der Waals surface area contributed by atoms with Gasteiger partial charge >= 0.3 is 0 Å². The first-order valence-electron chi connectivity index (χ1n) is 10.5. The van der Waals surface area contributed by atoms with Gasteiger partial charge in [0.1, 0.15) is 11.6 Å². The van der Waals surface area contributed by atoms with E-state index in [1.54, 1.807) is 23.3 Å². The molecule has 4 rings (SSSR count). The van der Waals surface area contributed by atoms with E-state index >= 15 is 0 Å². The second kappa shape index (κ2) is 9.13. The zero-order valence-corrected chi connectivity index (χ0v) is 17.6. The van der Waals surface area contributed by atoms with Gasteiger partial charge in [0.15, 0.2) is 0 Å². The molecule has 2 atom stereocenters. The highest BCUT2D eigenvalue weighted by Gasteiger charge is 2.45. The number of hydrogen-bond acceptors (Lipinski definition) is 5. The van der Waals surface area contributed by atoms with Gasteiger partial charge in [0.2, 0.25) is 5.91 Å². The van der Waals surface area contributed by atoms with Crippen LogP contribution in [0.25, 0.3) is 5.69 Å². The molecule has 0 aliphatic heterocycles. The molecule has 1 aliphatic carbocycles. The average Bonchev–Trinajstić information content (AvgIpc) is 3.33. The molecule has 3 N–H and O–H groups in total. The Morgan fingerprint density at radius 2 is 1.97 bits per heavy atom. The van der Waals surface area contributed by atoms with Crippen LogP contribution >= 0.6 is 0 Å². The lowest BCUT2D eigenvalue weighted by atomic mass is 9.99. The molecule has 1 amide bonds. The molecule has 3 aromatic rings. The Labute approximate surface area is 184 Å². The molecule has 168 valence electrons. The minimum Gasteiger partial charge on any atom is -0.390 e. The molecule has 1 saturated carbocycles. The Hall–Kier alpha value is -3.17. The van der Waals surface area contributed by atoms with Crippen LogP contribution in [0, 0.1) is 11.6 Å². The molecule has 7 nitrogen and oxygen atoms in total.